The fourth-order valence-electron chi connectivity index (χ4n) is 2.29. The molecule has 108 valence electrons. The first-order chi connectivity index (χ1) is 9.24. The topological polar surface area (TPSA) is 12.0 Å². The smallest absolute Gasteiger partial charge is 0.0292 e. The van der Waals surface area contributed by atoms with Crippen molar-refractivity contribution in [1.29, 1.82) is 0 Å². The van der Waals surface area contributed by atoms with E-state index in [1.165, 1.54) is 50.5 Å². The zero-order chi connectivity index (χ0) is 13.9. The van der Waals surface area contributed by atoms with Gasteiger partial charge in [0.25, 0.3) is 0 Å². The minimum atomic E-state index is 0.442. The van der Waals surface area contributed by atoms with Crippen LogP contribution in [0, 0.1) is 0 Å². The summed E-state index contributed by atoms with van der Waals surface area (Å²) in [6.45, 7) is 5.64. The van der Waals surface area contributed by atoms with E-state index in [1.54, 1.807) is 0 Å². The van der Waals surface area contributed by atoms with Crippen molar-refractivity contribution < 1.29 is 0 Å². The molecule has 0 aliphatic heterocycles. The van der Waals surface area contributed by atoms with Gasteiger partial charge in [-0.25, -0.2) is 0 Å². The van der Waals surface area contributed by atoms with Crippen molar-refractivity contribution >= 4 is 15.9 Å². The number of rotatable bonds is 10. The third-order valence-corrected chi connectivity index (χ3v) is 4.07. The quantitative estimate of drug-likeness (QED) is 0.532. The van der Waals surface area contributed by atoms with Gasteiger partial charge in [-0.2, -0.15) is 0 Å². The molecule has 19 heavy (non-hydrogen) atoms. The fourth-order valence-corrected chi connectivity index (χ4v) is 2.71. The zero-order valence-electron chi connectivity index (χ0n) is 12.4. The molecule has 0 aromatic heterocycles. The first-order valence-corrected chi connectivity index (χ1v) is 8.52. The van der Waals surface area contributed by atoms with Crippen molar-refractivity contribution in [2.45, 2.75) is 64.8 Å². The summed E-state index contributed by atoms with van der Waals surface area (Å²) in [6, 6.07) is 9.01. The highest BCUT2D eigenvalue weighted by atomic mass is 79.9. The van der Waals surface area contributed by atoms with Crippen molar-refractivity contribution in [3.63, 3.8) is 0 Å². The molecule has 0 aliphatic carbocycles. The van der Waals surface area contributed by atoms with Gasteiger partial charge >= 0.3 is 0 Å². The zero-order valence-corrected chi connectivity index (χ0v) is 14.0. The number of benzene rings is 1. The molecule has 0 heterocycles. The Labute approximate surface area is 127 Å². The molecule has 0 radical (unpaired) electrons. The molecule has 0 spiro atoms. The van der Waals surface area contributed by atoms with Crippen molar-refractivity contribution in [3.05, 3.63) is 34.3 Å². The molecule has 1 nitrogen and oxygen atoms in total. The first kappa shape index (κ1) is 16.7. The maximum absolute atomic E-state index is 3.61. The van der Waals surface area contributed by atoms with E-state index in [0.29, 0.717) is 6.04 Å². The van der Waals surface area contributed by atoms with E-state index in [4.69, 9.17) is 0 Å². The van der Waals surface area contributed by atoms with E-state index < -0.39 is 0 Å². The maximum Gasteiger partial charge on any atom is 0.0292 e. The molecule has 1 atom stereocenters. The SMILES string of the molecule is CCCCCCCCCNC(C)c1cccc(Br)c1. The lowest BCUT2D eigenvalue weighted by molar-refractivity contribution is 0.524. The average molecular weight is 326 g/mol. The molecule has 0 saturated heterocycles. The Morgan fingerprint density at radius 2 is 1.74 bits per heavy atom. The standard InChI is InChI=1S/C17H28BrN/c1-3-4-5-6-7-8-9-13-19-15(2)16-11-10-12-17(18)14-16/h10-12,14-15,19H,3-9,13H2,1-2H3. The summed E-state index contributed by atoms with van der Waals surface area (Å²) >= 11 is 3.53. The van der Waals surface area contributed by atoms with E-state index in [-0.39, 0.29) is 0 Å². The molecular weight excluding hydrogens is 298 g/mol. The van der Waals surface area contributed by atoms with Gasteiger partial charge in [-0.1, -0.05) is 73.5 Å². The maximum atomic E-state index is 3.61. The van der Waals surface area contributed by atoms with Crippen LogP contribution in [0.4, 0.5) is 0 Å². The van der Waals surface area contributed by atoms with Gasteiger partial charge in [0, 0.05) is 10.5 Å². The lowest BCUT2D eigenvalue weighted by atomic mass is 10.1. The van der Waals surface area contributed by atoms with Gasteiger partial charge in [0.05, 0.1) is 0 Å². The van der Waals surface area contributed by atoms with Crippen LogP contribution in [0.5, 0.6) is 0 Å². The Kier molecular flexibility index (Phi) is 9.19. The van der Waals surface area contributed by atoms with Crippen LogP contribution >= 0.6 is 15.9 Å². The van der Waals surface area contributed by atoms with Crippen molar-refractivity contribution in [3.8, 4) is 0 Å². The van der Waals surface area contributed by atoms with Crippen LogP contribution in [0.1, 0.15) is 70.4 Å². The van der Waals surface area contributed by atoms with Gasteiger partial charge < -0.3 is 5.32 Å². The monoisotopic (exact) mass is 325 g/mol. The first-order valence-electron chi connectivity index (χ1n) is 7.73. The van der Waals surface area contributed by atoms with Crippen LogP contribution < -0.4 is 5.32 Å². The van der Waals surface area contributed by atoms with Gasteiger partial charge in [0.2, 0.25) is 0 Å². The second kappa shape index (κ2) is 10.4. The lowest BCUT2D eigenvalue weighted by Crippen LogP contribution is -2.19. The number of halogens is 1. The van der Waals surface area contributed by atoms with E-state index in [9.17, 15) is 0 Å². The predicted molar refractivity (Wildman–Crippen MR) is 88.6 cm³/mol. The Morgan fingerprint density at radius 1 is 1.05 bits per heavy atom. The lowest BCUT2D eigenvalue weighted by Gasteiger charge is -2.14. The summed E-state index contributed by atoms with van der Waals surface area (Å²) in [5.74, 6) is 0. The molecule has 1 rings (SSSR count). The summed E-state index contributed by atoms with van der Waals surface area (Å²) in [7, 11) is 0. The highest BCUT2D eigenvalue weighted by Gasteiger charge is 2.04. The average Bonchev–Trinajstić information content (AvgIpc) is 2.41. The molecular formula is C17H28BrN. The van der Waals surface area contributed by atoms with Crippen LogP contribution in [0.3, 0.4) is 0 Å². The highest BCUT2D eigenvalue weighted by Crippen LogP contribution is 2.17. The molecule has 1 aromatic rings. The van der Waals surface area contributed by atoms with Gasteiger partial charge in [-0.05, 0) is 37.6 Å². The van der Waals surface area contributed by atoms with Gasteiger partial charge in [-0.15, -0.1) is 0 Å². The van der Waals surface area contributed by atoms with E-state index in [1.807, 2.05) is 0 Å². The molecule has 0 fully saturated rings. The fraction of sp³-hybridized carbons (Fsp3) is 0.647. The second-order valence-corrected chi connectivity index (χ2v) is 6.27. The third kappa shape index (κ3) is 7.74. The Hall–Kier alpha value is -0.340. The molecule has 0 bridgehead atoms. The second-order valence-electron chi connectivity index (χ2n) is 5.35. The Bertz CT molecular complexity index is 338. The number of hydrogen-bond donors (Lipinski definition) is 1. The minimum Gasteiger partial charge on any atom is -0.310 e. The van der Waals surface area contributed by atoms with Crippen LogP contribution in [0.2, 0.25) is 0 Å². The largest absolute Gasteiger partial charge is 0.310 e. The van der Waals surface area contributed by atoms with Crippen LogP contribution in [0.15, 0.2) is 28.7 Å². The van der Waals surface area contributed by atoms with E-state index >= 15 is 0 Å². The Morgan fingerprint density at radius 3 is 2.42 bits per heavy atom. The molecule has 2 heteroatoms. The number of unbranched alkanes of at least 4 members (excludes halogenated alkanes) is 6. The molecule has 1 aromatic carbocycles. The van der Waals surface area contributed by atoms with Crippen LogP contribution in [0.25, 0.3) is 0 Å². The van der Waals surface area contributed by atoms with Crippen molar-refractivity contribution in [2.24, 2.45) is 0 Å². The summed E-state index contributed by atoms with van der Waals surface area (Å²) in [5, 5.41) is 3.61. The molecule has 1 N–H and O–H groups in total. The number of hydrogen-bond acceptors (Lipinski definition) is 1. The van der Waals surface area contributed by atoms with E-state index in [0.717, 1.165) is 11.0 Å². The normalized spacial score (nSPS) is 12.6. The van der Waals surface area contributed by atoms with Gasteiger partial charge in [0.1, 0.15) is 0 Å². The number of nitrogens with one attached hydrogen (secondary N) is 1. The molecule has 0 amide bonds. The molecule has 0 aliphatic rings. The predicted octanol–water partition coefficient (Wildman–Crippen LogP) is 5.85. The van der Waals surface area contributed by atoms with Gasteiger partial charge in [0.15, 0.2) is 0 Å². The summed E-state index contributed by atoms with van der Waals surface area (Å²) in [4.78, 5) is 0. The summed E-state index contributed by atoms with van der Waals surface area (Å²) < 4.78 is 1.16. The van der Waals surface area contributed by atoms with Gasteiger partial charge in [-0.3, -0.25) is 0 Å². The summed E-state index contributed by atoms with van der Waals surface area (Å²) in [5.41, 5.74) is 1.36. The Balaban J connectivity index is 2.06. The van der Waals surface area contributed by atoms with Crippen molar-refractivity contribution in [1.82, 2.24) is 5.32 Å². The van der Waals surface area contributed by atoms with E-state index in [2.05, 4.69) is 59.4 Å². The highest BCUT2D eigenvalue weighted by molar-refractivity contribution is 9.10. The minimum absolute atomic E-state index is 0.442. The van der Waals surface area contributed by atoms with Crippen LogP contribution in [-0.2, 0) is 0 Å². The molecule has 1 unspecified atom stereocenters. The van der Waals surface area contributed by atoms with Crippen molar-refractivity contribution in [2.75, 3.05) is 6.54 Å². The molecule has 0 saturated carbocycles. The summed E-state index contributed by atoms with van der Waals surface area (Å²) in [6.07, 6.45) is 9.62. The van der Waals surface area contributed by atoms with Crippen LogP contribution in [-0.4, -0.2) is 6.54 Å². The third-order valence-electron chi connectivity index (χ3n) is 3.58.